The van der Waals surface area contributed by atoms with E-state index < -0.39 is 6.04 Å². The molecule has 2 N–H and O–H groups in total. The fourth-order valence-corrected chi connectivity index (χ4v) is 2.91. The maximum Gasteiger partial charge on any atom is 0.318 e. The Balaban J connectivity index is 1.51. The molecule has 0 radical (unpaired) electrons. The van der Waals surface area contributed by atoms with Crippen LogP contribution in [0.2, 0.25) is 0 Å². The summed E-state index contributed by atoms with van der Waals surface area (Å²) in [6, 6.07) is -0.575. The van der Waals surface area contributed by atoms with Gasteiger partial charge >= 0.3 is 6.03 Å². The molecule has 2 aliphatic rings. The van der Waals surface area contributed by atoms with Crippen LogP contribution in [-0.4, -0.2) is 65.6 Å². The molecule has 1 unspecified atom stereocenters. The molecule has 3 rings (SSSR count). The van der Waals surface area contributed by atoms with Gasteiger partial charge in [-0.25, -0.2) is 9.78 Å². The Labute approximate surface area is 135 Å². The molecule has 1 aromatic heterocycles. The number of piperazine rings is 1. The third-order valence-electron chi connectivity index (χ3n) is 4.27. The molecule has 1 atom stereocenters. The first-order valence-electron chi connectivity index (χ1n) is 8.08. The van der Waals surface area contributed by atoms with Gasteiger partial charge in [0.2, 0.25) is 5.91 Å². The Bertz CT molecular complexity index is 544. The summed E-state index contributed by atoms with van der Waals surface area (Å²) in [4.78, 5) is 36.5. The quantitative estimate of drug-likeness (QED) is 0.799. The molecule has 0 bridgehead atoms. The molecule has 3 amide bonds. The number of carbonyl (C=O) groups is 2. The molecule has 23 heavy (non-hydrogen) atoms. The first-order valence-corrected chi connectivity index (χ1v) is 8.08. The number of hydrogen-bond donors (Lipinski definition) is 2. The van der Waals surface area contributed by atoms with Gasteiger partial charge in [0.15, 0.2) is 0 Å². The van der Waals surface area contributed by atoms with Gasteiger partial charge < -0.3 is 20.4 Å². The van der Waals surface area contributed by atoms with Crippen LogP contribution in [0.4, 0.5) is 10.6 Å². The van der Waals surface area contributed by atoms with Crippen LogP contribution in [0, 0.1) is 0 Å². The summed E-state index contributed by atoms with van der Waals surface area (Å²) in [5.41, 5.74) is 0. The van der Waals surface area contributed by atoms with Crippen molar-refractivity contribution < 1.29 is 9.59 Å². The van der Waals surface area contributed by atoms with Gasteiger partial charge in [-0.05, 0) is 19.3 Å². The molecular weight excluding hydrogens is 296 g/mol. The summed E-state index contributed by atoms with van der Waals surface area (Å²) in [6.45, 7) is 3.33. The second-order valence-electron chi connectivity index (χ2n) is 5.83. The number of aromatic nitrogens is 2. The van der Waals surface area contributed by atoms with Gasteiger partial charge in [0.05, 0.1) is 6.20 Å². The predicted molar refractivity (Wildman–Crippen MR) is 85.0 cm³/mol. The Morgan fingerprint density at radius 1 is 1.22 bits per heavy atom. The number of carbonyl (C=O) groups excluding carboxylic acids is 2. The van der Waals surface area contributed by atoms with E-state index in [-0.39, 0.29) is 11.9 Å². The molecule has 0 aromatic carbocycles. The Morgan fingerprint density at radius 3 is 2.78 bits per heavy atom. The molecular formula is C15H22N6O2. The Kier molecular flexibility index (Phi) is 4.89. The normalized spacial score (nSPS) is 22.3. The number of amides is 3. The van der Waals surface area contributed by atoms with E-state index in [1.165, 1.54) is 0 Å². The zero-order valence-electron chi connectivity index (χ0n) is 13.1. The van der Waals surface area contributed by atoms with Crippen LogP contribution in [0.25, 0.3) is 0 Å². The Morgan fingerprint density at radius 2 is 2.04 bits per heavy atom. The molecule has 1 aromatic rings. The van der Waals surface area contributed by atoms with Crippen molar-refractivity contribution in [3.8, 4) is 0 Å². The van der Waals surface area contributed by atoms with Crippen LogP contribution in [0.1, 0.15) is 19.3 Å². The summed E-state index contributed by atoms with van der Waals surface area (Å²) >= 11 is 0. The highest BCUT2D eigenvalue weighted by Crippen LogP contribution is 2.12. The first-order chi connectivity index (χ1) is 11.2. The van der Waals surface area contributed by atoms with Gasteiger partial charge in [-0.2, -0.15) is 0 Å². The molecule has 2 fully saturated rings. The lowest BCUT2D eigenvalue weighted by Gasteiger charge is -2.35. The minimum Gasteiger partial charge on any atom is -0.354 e. The van der Waals surface area contributed by atoms with E-state index in [1.54, 1.807) is 23.5 Å². The zero-order chi connectivity index (χ0) is 16.1. The van der Waals surface area contributed by atoms with Crippen LogP contribution in [0.5, 0.6) is 0 Å². The maximum atomic E-state index is 12.4. The minimum atomic E-state index is -0.414. The average molecular weight is 318 g/mol. The van der Waals surface area contributed by atoms with Gasteiger partial charge in [0.1, 0.15) is 11.9 Å². The van der Waals surface area contributed by atoms with Crippen molar-refractivity contribution in [1.29, 1.82) is 0 Å². The summed E-state index contributed by atoms with van der Waals surface area (Å²) in [6.07, 6.45) is 7.66. The number of nitrogens with zero attached hydrogens (tertiary/aromatic N) is 4. The van der Waals surface area contributed by atoms with E-state index in [1.807, 2.05) is 0 Å². The van der Waals surface area contributed by atoms with Gasteiger partial charge in [-0.3, -0.25) is 9.78 Å². The molecule has 124 valence electrons. The van der Waals surface area contributed by atoms with Crippen LogP contribution in [0.3, 0.4) is 0 Å². The van der Waals surface area contributed by atoms with Crippen molar-refractivity contribution in [2.75, 3.05) is 37.6 Å². The smallest absolute Gasteiger partial charge is 0.318 e. The predicted octanol–water partition coefficient (Wildman–Crippen LogP) is -0.0231. The SMILES string of the molecule is O=C1NCCCCC1NC(=O)N1CCN(c2cnccn2)CC1. The topological polar surface area (TPSA) is 90.5 Å². The fourth-order valence-electron chi connectivity index (χ4n) is 2.91. The second kappa shape index (κ2) is 7.26. The van der Waals surface area contributed by atoms with Crippen molar-refractivity contribution in [3.05, 3.63) is 18.6 Å². The van der Waals surface area contributed by atoms with Crippen LogP contribution in [0.15, 0.2) is 18.6 Å². The highest BCUT2D eigenvalue weighted by atomic mass is 16.2. The summed E-state index contributed by atoms with van der Waals surface area (Å²) < 4.78 is 0. The number of hydrogen-bond acceptors (Lipinski definition) is 5. The van der Waals surface area contributed by atoms with E-state index in [0.29, 0.717) is 39.1 Å². The molecule has 2 aliphatic heterocycles. The number of urea groups is 1. The Hall–Kier alpha value is -2.38. The lowest BCUT2D eigenvalue weighted by molar-refractivity contribution is -0.122. The largest absolute Gasteiger partial charge is 0.354 e. The summed E-state index contributed by atoms with van der Waals surface area (Å²) in [5, 5.41) is 5.70. The highest BCUT2D eigenvalue weighted by Gasteiger charge is 2.27. The molecule has 2 saturated heterocycles. The molecule has 0 spiro atoms. The van der Waals surface area contributed by atoms with Crippen LogP contribution >= 0.6 is 0 Å². The number of rotatable bonds is 2. The lowest BCUT2D eigenvalue weighted by atomic mass is 10.1. The van der Waals surface area contributed by atoms with E-state index in [9.17, 15) is 9.59 Å². The number of anilines is 1. The van der Waals surface area contributed by atoms with Crippen LogP contribution < -0.4 is 15.5 Å². The van der Waals surface area contributed by atoms with Crippen molar-refractivity contribution in [2.45, 2.75) is 25.3 Å². The van der Waals surface area contributed by atoms with Crippen molar-refractivity contribution >= 4 is 17.8 Å². The molecule has 3 heterocycles. The molecule has 8 nitrogen and oxygen atoms in total. The van der Waals surface area contributed by atoms with E-state index in [4.69, 9.17) is 0 Å². The van der Waals surface area contributed by atoms with Gasteiger partial charge in [0, 0.05) is 45.1 Å². The van der Waals surface area contributed by atoms with Gasteiger partial charge in [-0.1, -0.05) is 0 Å². The zero-order valence-corrected chi connectivity index (χ0v) is 13.1. The van der Waals surface area contributed by atoms with Gasteiger partial charge in [-0.15, -0.1) is 0 Å². The summed E-state index contributed by atoms with van der Waals surface area (Å²) in [7, 11) is 0. The van der Waals surface area contributed by atoms with E-state index in [2.05, 4.69) is 25.5 Å². The minimum absolute atomic E-state index is 0.0750. The second-order valence-corrected chi connectivity index (χ2v) is 5.83. The average Bonchev–Trinajstić information content (AvgIpc) is 2.80. The molecule has 8 heteroatoms. The lowest BCUT2D eigenvalue weighted by Crippen LogP contribution is -2.55. The molecule has 0 aliphatic carbocycles. The molecule has 0 saturated carbocycles. The van der Waals surface area contributed by atoms with Crippen molar-refractivity contribution in [3.63, 3.8) is 0 Å². The third kappa shape index (κ3) is 3.88. The van der Waals surface area contributed by atoms with Crippen LogP contribution in [-0.2, 0) is 4.79 Å². The monoisotopic (exact) mass is 318 g/mol. The van der Waals surface area contributed by atoms with E-state index in [0.717, 1.165) is 18.7 Å². The van der Waals surface area contributed by atoms with Crippen molar-refractivity contribution in [2.24, 2.45) is 0 Å². The maximum absolute atomic E-state index is 12.4. The standard InChI is InChI=1S/C15H22N6O2/c22-14-12(3-1-2-4-18-14)19-15(23)21-9-7-20(8-10-21)13-11-16-5-6-17-13/h5-6,11-12H,1-4,7-10H2,(H,18,22)(H,19,23). The third-order valence-corrected chi connectivity index (χ3v) is 4.27. The van der Waals surface area contributed by atoms with E-state index >= 15 is 0 Å². The fraction of sp³-hybridized carbons (Fsp3) is 0.600. The van der Waals surface area contributed by atoms with Crippen molar-refractivity contribution in [1.82, 2.24) is 25.5 Å². The summed E-state index contributed by atoms with van der Waals surface area (Å²) in [5.74, 6) is 0.754. The first kappa shape index (κ1) is 15.5. The number of nitrogens with one attached hydrogen (secondary N) is 2. The van der Waals surface area contributed by atoms with Gasteiger partial charge in [0.25, 0.3) is 0 Å². The highest BCUT2D eigenvalue weighted by molar-refractivity contribution is 5.87.